The molecule has 0 bridgehead atoms. The monoisotopic (exact) mass is 588 g/mol. The van der Waals surface area contributed by atoms with Crippen LogP contribution in [0.4, 0.5) is 23.0 Å². The van der Waals surface area contributed by atoms with Crippen LogP contribution < -0.4 is 20.9 Å². The average molecular weight is 589 g/mol. The van der Waals surface area contributed by atoms with Gasteiger partial charge in [0.2, 0.25) is 5.91 Å². The average Bonchev–Trinajstić information content (AvgIpc) is 3.02. The van der Waals surface area contributed by atoms with Gasteiger partial charge in [0.25, 0.3) is 0 Å². The minimum atomic E-state index is -0.169. The van der Waals surface area contributed by atoms with E-state index >= 15 is 0 Å². The predicted octanol–water partition coefficient (Wildman–Crippen LogP) is 4.15. The van der Waals surface area contributed by atoms with Crippen LogP contribution in [0.5, 0.6) is 0 Å². The molecule has 3 fully saturated rings. The molecule has 232 valence electrons. The van der Waals surface area contributed by atoms with Crippen molar-refractivity contribution in [2.24, 2.45) is 0 Å². The van der Waals surface area contributed by atoms with E-state index in [0.717, 1.165) is 69.5 Å². The minimum absolute atomic E-state index is 0.0188. The van der Waals surface area contributed by atoms with E-state index in [0.29, 0.717) is 24.1 Å². The lowest BCUT2D eigenvalue weighted by atomic mass is 9.90. The van der Waals surface area contributed by atoms with Gasteiger partial charge in [-0.25, -0.2) is 9.97 Å². The van der Waals surface area contributed by atoms with Crippen LogP contribution in [0.15, 0.2) is 30.9 Å². The van der Waals surface area contributed by atoms with Crippen molar-refractivity contribution in [1.29, 1.82) is 0 Å². The topological polar surface area (TPSA) is 106 Å². The summed E-state index contributed by atoms with van der Waals surface area (Å²) in [6.45, 7) is 14.6. The van der Waals surface area contributed by atoms with Crippen LogP contribution in [0.3, 0.4) is 0 Å². The highest BCUT2D eigenvalue weighted by Crippen LogP contribution is 2.31. The zero-order chi connectivity index (χ0) is 30.3. The van der Waals surface area contributed by atoms with E-state index in [1.165, 1.54) is 43.3 Å². The number of benzene rings is 1. The zero-order valence-electron chi connectivity index (χ0n) is 26.1. The highest BCUT2D eigenvalue weighted by Gasteiger charge is 2.29. The van der Waals surface area contributed by atoms with Gasteiger partial charge >= 0.3 is 0 Å². The number of aryl methyl sites for hydroxylation is 2. The summed E-state index contributed by atoms with van der Waals surface area (Å²) in [7, 11) is 2.21. The van der Waals surface area contributed by atoms with Gasteiger partial charge in [-0.3, -0.25) is 14.5 Å². The van der Waals surface area contributed by atoms with Crippen molar-refractivity contribution < 1.29 is 9.59 Å². The smallest absolute Gasteiger partial charge is 0.243 e. The number of hydrogen-bond acceptors (Lipinski definition) is 9. The molecule has 2 aromatic rings. The zero-order valence-corrected chi connectivity index (χ0v) is 26.1. The number of nitrogens with one attached hydrogen (secondary N) is 3. The third kappa shape index (κ3) is 7.54. The molecule has 1 aliphatic carbocycles. The van der Waals surface area contributed by atoms with Gasteiger partial charge in [0, 0.05) is 68.8 Å². The molecule has 0 radical (unpaired) electrons. The summed E-state index contributed by atoms with van der Waals surface area (Å²) >= 11 is 0. The Morgan fingerprint density at radius 2 is 1.72 bits per heavy atom. The van der Waals surface area contributed by atoms with Crippen molar-refractivity contribution in [2.45, 2.75) is 76.9 Å². The van der Waals surface area contributed by atoms with Crippen LogP contribution in [0.25, 0.3) is 0 Å². The second-order valence-corrected chi connectivity index (χ2v) is 12.3. The van der Waals surface area contributed by atoms with Crippen molar-refractivity contribution >= 4 is 35.2 Å². The van der Waals surface area contributed by atoms with Gasteiger partial charge in [0.15, 0.2) is 17.9 Å². The maximum absolute atomic E-state index is 12.0. The number of rotatable bonds is 10. The van der Waals surface area contributed by atoms with E-state index in [1.54, 1.807) is 0 Å². The molecule has 0 spiro atoms. The first-order valence-electron chi connectivity index (χ1n) is 16.0. The number of piperidine rings is 1. The van der Waals surface area contributed by atoms with E-state index in [4.69, 9.17) is 4.98 Å². The van der Waals surface area contributed by atoms with Gasteiger partial charge in [-0.15, -0.1) is 0 Å². The Kier molecular flexibility index (Phi) is 10.3. The lowest BCUT2D eigenvalue weighted by molar-refractivity contribution is -0.117. The molecule has 43 heavy (non-hydrogen) atoms. The first kappa shape index (κ1) is 30.9. The van der Waals surface area contributed by atoms with Crippen LogP contribution in [0.2, 0.25) is 0 Å². The second kappa shape index (κ2) is 14.3. The van der Waals surface area contributed by atoms with Crippen molar-refractivity contribution in [2.75, 3.05) is 61.8 Å². The molecule has 3 N–H and O–H groups in total. The summed E-state index contributed by atoms with van der Waals surface area (Å²) in [5.74, 6) is 0.909. The summed E-state index contributed by atoms with van der Waals surface area (Å²) in [5, 5.41) is 10.00. The molecule has 10 heteroatoms. The maximum atomic E-state index is 12.0. The lowest BCUT2D eigenvalue weighted by Crippen LogP contribution is -2.52. The molecular formula is C33H48N8O2. The molecule has 1 amide bonds. The number of piperazine rings is 1. The van der Waals surface area contributed by atoms with Gasteiger partial charge in [0.1, 0.15) is 5.69 Å². The first-order valence-corrected chi connectivity index (χ1v) is 16.0. The Labute approximate surface area is 256 Å². The molecule has 1 aromatic heterocycles. The summed E-state index contributed by atoms with van der Waals surface area (Å²) in [4.78, 5) is 41.2. The van der Waals surface area contributed by atoms with Gasteiger partial charge < -0.3 is 25.8 Å². The fourth-order valence-corrected chi connectivity index (χ4v) is 6.80. The van der Waals surface area contributed by atoms with Crippen molar-refractivity contribution in [3.05, 3.63) is 47.8 Å². The molecule has 2 aliphatic heterocycles. The number of amides is 1. The number of hydrogen-bond donors (Lipinski definition) is 3. The van der Waals surface area contributed by atoms with Crippen molar-refractivity contribution in [1.82, 2.24) is 25.1 Å². The summed E-state index contributed by atoms with van der Waals surface area (Å²) < 4.78 is 0. The van der Waals surface area contributed by atoms with Gasteiger partial charge in [0.05, 0.1) is 5.69 Å². The molecular weight excluding hydrogens is 540 g/mol. The highest BCUT2D eigenvalue weighted by atomic mass is 16.1. The largest absolute Gasteiger partial charge is 0.371 e. The Balaban J connectivity index is 1.28. The lowest BCUT2D eigenvalue weighted by Gasteiger charge is -2.43. The van der Waals surface area contributed by atoms with Crippen LogP contribution in [0, 0.1) is 6.92 Å². The van der Waals surface area contributed by atoms with E-state index in [-0.39, 0.29) is 23.7 Å². The molecule has 1 saturated carbocycles. The van der Waals surface area contributed by atoms with Gasteiger partial charge in [-0.1, -0.05) is 26.3 Å². The fraction of sp³-hybridized carbons (Fsp3) is 0.576. The molecule has 10 nitrogen and oxygen atoms in total. The maximum Gasteiger partial charge on any atom is 0.243 e. The number of aldehydes is 1. The fourth-order valence-electron chi connectivity index (χ4n) is 6.80. The van der Waals surface area contributed by atoms with Crippen molar-refractivity contribution in [3.63, 3.8) is 0 Å². The summed E-state index contributed by atoms with van der Waals surface area (Å²) in [6, 6.07) is 7.05. The number of carbonyl (C=O) groups is 2. The molecule has 2 atom stereocenters. The number of likely N-dealkylation sites (N-methyl/N-ethyl adjacent to an activating group) is 1. The van der Waals surface area contributed by atoms with E-state index in [1.807, 2.05) is 6.92 Å². The summed E-state index contributed by atoms with van der Waals surface area (Å²) in [6.07, 6.45) is 9.04. The molecule has 0 unspecified atom stereocenters. The predicted molar refractivity (Wildman–Crippen MR) is 174 cm³/mol. The normalized spacial score (nSPS) is 22.2. The molecule has 3 heterocycles. The Morgan fingerprint density at radius 3 is 2.37 bits per heavy atom. The number of anilines is 4. The van der Waals surface area contributed by atoms with Crippen LogP contribution in [0.1, 0.15) is 67.2 Å². The number of aromatic nitrogens is 2. The standard InChI is InChI=1S/C33H48N8O2/c1-5-26-32(37-28-10-8-7-9-27(28)36-31(43)6-2)38-33(29(22-42)35-26)34-24-11-12-30(23(3)21-24)41-15-13-25(14-16-41)40-19-17-39(4)18-20-40/h6,11-12,21-22,25,27-28H,2,5,7-10,13-20H2,1,3-4H3,(H,36,43)(H2,34,37,38)/t27-,28+/m0/s1. The quantitative estimate of drug-likeness (QED) is 0.279. The van der Waals surface area contributed by atoms with E-state index < -0.39 is 0 Å². The highest BCUT2D eigenvalue weighted by molar-refractivity contribution is 5.87. The Morgan fingerprint density at radius 1 is 1.00 bits per heavy atom. The third-order valence-corrected chi connectivity index (χ3v) is 9.36. The third-order valence-electron chi connectivity index (χ3n) is 9.36. The molecule has 1 aromatic carbocycles. The van der Waals surface area contributed by atoms with Crippen LogP contribution in [-0.4, -0.2) is 96.4 Å². The number of carbonyl (C=O) groups excluding carboxylic acids is 2. The number of nitrogens with zero attached hydrogens (tertiary/aromatic N) is 5. The van der Waals surface area contributed by atoms with E-state index in [9.17, 15) is 9.59 Å². The summed E-state index contributed by atoms with van der Waals surface area (Å²) in [5.41, 5.74) is 4.34. The Hall–Kier alpha value is -3.50. The van der Waals surface area contributed by atoms with Gasteiger partial charge in [-0.2, -0.15) is 0 Å². The molecule has 5 rings (SSSR count). The van der Waals surface area contributed by atoms with Crippen LogP contribution in [-0.2, 0) is 11.2 Å². The SMILES string of the molecule is C=CC(=O)N[C@H]1CCCC[C@H]1Nc1nc(Nc2ccc(N3CCC(N4CCN(C)CC4)CC3)c(C)c2)c(C=O)nc1CC. The van der Waals surface area contributed by atoms with Crippen LogP contribution >= 0.6 is 0 Å². The second-order valence-electron chi connectivity index (χ2n) is 12.3. The van der Waals surface area contributed by atoms with E-state index in [2.05, 4.69) is 74.4 Å². The van der Waals surface area contributed by atoms with Gasteiger partial charge in [-0.05, 0) is 75.9 Å². The Bertz CT molecular complexity index is 1280. The van der Waals surface area contributed by atoms with Crippen molar-refractivity contribution in [3.8, 4) is 0 Å². The minimum Gasteiger partial charge on any atom is -0.371 e. The molecule has 3 aliphatic rings. The first-order chi connectivity index (χ1) is 20.9. The molecule has 2 saturated heterocycles.